The van der Waals surface area contributed by atoms with E-state index in [1.807, 2.05) is 6.07 Å². The molecule has 104 valence electrons. The maximum Gasteiger partial charge on any atom is 0.737 e. The first-order chi connectivity index (χ1) is 10.1. The average molecular weight is 348 g/mol. The first kappa shape index (κ1) is 12.7. The quantitative estimate of drug-likeness (QED) is 0.725. The predicted molar refractivity (Wildman–Crippen MR) is 81.2 cm³/mol. The van der Waals surface area contributed by atoms with Crippen molar-refractivity contribution in [2.24, 2.45) is 0 Å². The summed E-state index contributed by atoms with van der Waals surface area (Å²) in [5, 5.41) is 0. The summed E-state index contributed by atoms with van der Waals surface area (Å²) < 4.78 is 32.1. The van der Waals surface area contributed by atoms with Crippen LogP contribution < -0.4 is 0 Å². The number of nitrogens with zero attached hydrogens (tertiary/aromatic N) is 3. The second-order valence-electron chi connectivity index (χ2n) is 4.92. The molecule has 0 spiro atoms. The molecule has 0 saturated heterocycles. The molecule has 0 fully saturated rings. The third kappa shape index (κ3) is 1.64. The number of rotatable bonds is 1. The number of hydrogen-bond donors (Lipinski definition) is 0. The zero-order chi connectivity index (χ0) is 14.6. The Bertz CT molecular complexity index is 851. The van der Waals surface area contributed by atoms with Crippen LogP contribution in [-0.4, -0.2) is 27.1 Å². The number of aromatic nitrogens is 2. The number of hydrogen-bond acceptors (Lipinski definition) is 1. The van der Waals surface area contributed by atoms with Crippen LogP contribution in [0.1, 0.15) is 11.3 Å². The van der Waals surface area contributed by atoms with Crippen molar-refractivity contribution in [3.05, 3.63) is 70.4 Å². The van der Waals surface area contributed by atoms with E-state index in [2.05, 4.69) is 20.9 Å². The van der Waals surface area contributed by atoms with Crippen molar-refractivity contribution >= 4 is 34.7 Å². The lowest BCUT2D eigenvalue weighted by Crippen LogP contribution is -2.49. The van der Waals surface area contributed by atoms with Crippen LogP contribution in [0.25, 0.3) is 5.57 Å². The van der Waals surface area contributed by atoms with E-state index in [0.29, 0.717) is 11.4 Å². The van der Waals surface area contributed by atoms with Gasteiger partial charge in [-0.1, -0.05) is 0 Å². The maximum atomic E-state index is 14.6. The summed E-state index contributed by atoms with van der Waals surface area (Å²) in [6, 6.07) is 5.19. The Morgan fingerprint density at radius 1 is 1.29 bits per heavy atom. The van der Waals surface area contributed by atoms with E-state index in [0.717, 1.165) is 24.6 Å². The van der Waals surface area contributed by atoms with Gasteiger partial charge in [0.25, 0.3) is 0 Å². The largest absolute Gasteiger partial charge is 0.737 e. The third-order valence-electron chi connectivity index (χ3n) is 3.78. The van der Waals surface area contributed by atoms with Crippen molar-refractivity contribution in [1.82, 2.24) is 9.46 Å². The van der Waals surface area contributed by atoms with Crippen LogP contribution in [0.15, 0.2) is 59.1 Å². The molecular formula is C14H9BBrF2N3. The molecular weight excluding hydrogens is 339 g/mol. The van der Waals surface area contributed by atoms with E-state index in [-0.39, 0.29) is 0 Å². The van der Waals surface area contributed by atoms with Crippen molar-refractivity contribution in [3.8, 4) is 0 Å². The molecule has 21 heavy (non-hydrogen) atoms. The summed E-state index contributed by atoms with van der Waals surface area (Å²) in [5.41, 5.74) is 2.64. The molecule has 0 bridgehead atoms. The molecule has 4 rings (SSSR count). The van der Waals surface area contributed by atoms with E-state index in [1.54, 1.807) is 36.7 Å². The topological polar surface area (TPSA) is 20.8 Å². The fraction of sp³-hybridized carbons (Fsp3) is 0. The fourth-order valence-corrected chi connectivity index (χ4v) is 3.32. The minimum absolute atomic E-state index is 0.512. The van der Waals surface area contributed by atoms with Gasteiger partial charge in [-0.2, -0.15) is 0 Å². The average Bonchev–Trinajstić information content (AvgIpc) is 3.10. The highest BCUT2D eigenvalue weighted by Crippen LogP contribution is 2.40. The maximum absolute atomic E-state index is 14.6. The van der Waals surface area contributed by atoms with Crippen molar-refractivity contribution < 1.29 is 13.1 Å². The minimum Gasteiger partial charge on any atom is -0.396 e. The van der Waals surface area contributed by atoms with Gasteiger partial charge in [0.2, 0.25) is 0 Å². The highest BCUT2D eigenvalue weighted by atomic mass is 79.9. The van der Waals surface area contributed by atoms with Crippen molar-refractivity contribution in [2.75, 3.05) is 0 Å². The Kier molecular flexibility index (Phi) is 2.56. The fourth-order valence-electron chi connectivity index (χ4n) is 2.87. The molecule has 0 saturated carbocycles. The van der Waals surface area contributed by atoms with Crippen LogP contribution in [0.3, 0.4) is 0 Å². The van der Waals surface area contributed by atoms with Crippen LogP contribution in [0.5, 0.6) is 0 Å². The van der Waals surface area contributed by atoms with Gasteiger partial charge in [-0.3, -0.25) is 4.98 Å². The second-order valence-corrected chi connectivity index (χ2v) is 5.77. The summed E-state index contributed by atoms with van der Waals surface area (Å²) in [7, 11) is 0. The molecule has 3 nitrogen and oxygen atoms in total. The first-order valence-electron chi connectivity index (χ1n) is 6.44. The van der Waals surface area contributed by atoms with E-state index >= 15 is 0 Å². The zero-order valence-corrected chi connectivity index (χ0v) is 12.3. The number of allylic oxidation sites excluding steroid dienone is 2. The van der Waals surface area contributed by atoms with Gasteiger partial charge in [-0.05, 0) is 40.3 Å². The van der Waals surface area contributed by atoms with Gasteiger partial charge in [0.05, 0.1) is 5.57 Å². The first-order valence-corrected chi connectivity index (χ1v) is 7.24. The van der Waals surface area contributed by atoms with Gasteiger partial charge >= 0.3 is 6.97 Å². The van der Waals surface area contributed by atoms with Crippen molar-refractivity contribution in [2.45, 2.75) is 0 Å². The van der Waals surface area contributed by atoms with Crippen LogP contribution in [0, 0.1) is 0 Å². The summed E-state index contributed by atoms with van der Waals surface area (Å²) in [6.07, 6.45) is 9.54. The second kappa shape index (κ2) is 4.24. The van der Waals surface area contributed by atoms with Gasteiger partial charge in [0.1, 0.15) is 6.21 Å². The summed E-state index contributed by atoms with van der Waals surface area (Å²) in [5.74, 6) is 0. The third-order valence-corrected chi connectivity index (χ3v) is 4.41. The lowest BCUT2D eigenvalue weighted by atomic mass is 9.87. The van der Waals surface area contributed by atoms with Gasteiger partial charge in [0.15, 0.2) is 5.70 Å². The smallest absolute Gasteiger partial charge is 0.396 e. The Balaban J connectivity index is 2.09. The summed E-state index contributed by atoms with van der Waals surface area (Å²) in [6.45, 7) is -3.84. The molecule has 0 radical (unpaired) electrons. The van der Waals surface area contributed by atoms with E-state index in [9.17, 15) is 8.63 Å². The summed E-state index contributed by atoms with van der Waals surface area (Å²) in [4.78, 5) is 4.04. The molecule has 0 N–H and O–H groups in total. The van der Waals surface area contributed by atoms with E-state index in [1.165, 1.54) is 12.4 Å². The number of pyridine rings is 1. The molecule has 0 unspecified atom stereocenters. The zero-order valence-electron chi connectivity index (χ0n) is 10.7. The van der Waals surface area contributed by atoms with Crippen LogP contribution >= 0.6 is 15.9 Å². The predicted octanol–water partition coefficient (Wildman–Crippen LogP) is 3.29. The molecule has 4 heterocycles. The van der Waals surface area contributed by atoms with Gasteiger partial charge < -0.3 is 17.6 Å². The normalized spacial score (nSPS) is 18.5. The van der Waals surface area contributed by atoms with Gasteiger partial charge in [-0.15, -0.1) is 0 Å². The van der Waals surface area contributed by atoms with Crippen molar-refractivity contribution in [3.63, 3.8) is 0 Å². The minimum atomic E-state index is -3.84. The molecule has 0 aliphatic carbocycles. The molecule has 2 aliphatic rings. The molecule has 7 heteroatoms. The number of fused-ring (bicyclic) bond motifs is 2. The Morgan fingerprint density at radius 3 is 2.95 bits per heavy atom. The lowest BCUT2D eigenvalue weighted by Gasteiger charge is -2.31. The Morgan fingerprint density at radius 2 is 2.14 bits per heavy atom. The standard InChI is InChI=1S/C14H9BBrF2N3/c16-11-9-19-6-5-10(11)14-12-3-1-7-20(12)15(17,18)21-8-2-4-13(14)21/h1-9H. The Hall–Kier alpha value is -2.02. The van der Waals surface area contributed by atoms with Crippen LogP contribution in [0.4, 0.5) is 8.63 Å². The molecule has 2 aliphatic heterocycles. The number of halogens is 3. The molecule has 2 aromatic heterocycles. The molecule has 0 aromatic carbocycles. The van der Waals surface area contributed by atoms with Gasteiger partial charge in [0, 0.05) is 40.3 Å². The monoisotopic (exact) mass is 347 g/mol. The van der Waals surface area contributed by atoms with E-state index in [4.69, 9.17) is 0 Å². The molecule has 0 atom stereocenters. The lowest BCUT2D eigenvalue weighted by molar-refractivity contribution is -0.356. The van der Waals surface area contributed by atoms with Crippen molar-refractivity contribution in [1.29, 1.82) is 0 Å². The molecule has 0 amide bonds. The van der Waals surface area contributed by atoms with E-state index < -0.39 is 6.97 Å². The van der Waals surface area contributed by atoms with Gasteiger partial charge in [-0.25, -0.2) is 0 Å². The SMILES string of the molecule is F[B-]1(F)n2cccc2C(c2ccncc2Br)=C2C=CC=[N+]21. The summed E-state index contributed by atoms with van der Waals surface area (Å²) >= 11 is 3.46. The highest BCUT2D eigenvalue weighted by molar-refractivity contribution is 9.10. The molecule has 2 aromatic rings. The van der Waals surface area contributed by atoms with Crippen LogP contribution in [-0.2, 0) is 0 Å². The van der Waals surface area contributed by atoms with Crippen LogP contribution in [0.2, 0.25) is 0 Å². The Labute approximate surface area is 128 Å². The highest BCUT2D eigenvalue weighted by Gasteiger charge is 2.51.